The van der Waals surface area contributed by atoms with Crippen molar-refractivity contribution in [3.05, 3.63) is 41.7 Å². The molecule has 34 heavy (non-hydrogen) atoms. The number of hydrogen-bond acceptors (Lipinski definition) is 8. The van der Waals surface area contributed by atoms with Gasteiger partial charge in [0.2, 0.25) is 5.95 Å². The van der Waals surface area contributed by atoms with Gasteiger partial charge in [-0.3, -0.25) is 4.68 Å². The summed E-state index contributed by atoms with van der Waals surface area (Å²) in [5, 5.41) is 7.43. The maximum atomic E-state index is 6.04. The highest BCUT2D eigenvalue weighted by Crippen LogP contribution is 2.42. The molecule has 1 aliphatic heterocycles. The van der Waals surface area contributed by atoms with Gasteiger partial charge >= 0.3 is 0 Å². The summed E-state index contributed by atoms with van der Waals surface area (Å²) in [6.07, 6.45) is 9.18. The fourth-order valence-electron chi connectivity index (χ4n) is 4.45. The van der Waals surface area contributed by atoms with E-state index < -0.39 is 0 Å². The molecule has 1 saturated heterocycles. The molecule has 0 atom stereocenters. The van der Waals surface area contributed by atoms with E-state index in [0.717, 1.165) is 51.5 Å². The van der Waals surface area contributed by atoms with Crippen LogP contribution in [0.1, 0.15) is 24.1 Å². The van der Waals surface area contributed by atoms with Gasteiger partial charge in [0.05, 0.1) is 42.0 Å². The van der Waals surface area contributed by atoms with Gasteiger partial charge in [-0.25, -0.2) is 9.97 Å². The average molecular weight is 479 g/mol. The number of rotatable bonds is 9. The van der Waals surface area contributed by atoms with Crippen LogP contribution in [0.2, 0.25) is 0 Å². The molecule has 178 valence electrons. The van der Waals surface area contributed by atoms with Crippen molar-refractivity contribution in [2.24, 2.45) is 7.05 Å². The Bertz CT molecular complexity index is 1280. The first kappa shape index (κ1) is 22.6. The van der Waals surface area contributed by atoms with Crippen LogP contribution in [0.3, 0.4) is 0 Å². The van der Waals surface area contributed by atoms with Crippen molar-refractivity contribution >= 4 is 33.2 Å². The minimum Gasteiger partial charge on any atom is -0.496 e. The first-order valence-electron chi connectivity index (χ1n) is 11.7. The van der Waals surface area contributed by atoms with Crippen molar-refractivity contribution in [1.29, 1.82) is 0 Å². The lowest BCUT2D eigenvalue weighted by Gasteiger charge is -2.15. The lowest BCUT2D eigenvalue weighted by atomic mass is 10.0. The highest BCUT2D eigenvalue weighted by Gasteiger charge is 2.18. The van der Waals surface area contributed by atoms with Crippen LogP contribution in [-0.4, -0.2) is 58.0 Å². The Morgan fingerprint density at radius 3 is 2.79 bits per heavy atom. The van der Waals surface area contributed by atoms with Crippen LogP contribution >= 0.6 is 11.3 Å². The quantitative estimate of drug-likeness (QED) is 0.339. The van der Waals surface area contributed by atoms with Crippen LogP contribution in [-0.2, 0) is 7.05 Å². The maximum Gasteiger partial charge on any atom is 0.227 e. The molecular weight excluding hydrogens is 448 g/mol. The third-order valence-corrected chi connectivity index (χ3v) is 7.13. The second-order valence-electron chi connectivity index (χ2n) is 8.58. The number of hydrogen-bond donors (Lipinski definition) is 1. The van der Waals surface area contributed by atoms with Gasteiger partial charge in [0.25, 0.3) is 0 Å². The molecule has 0 saturated carbocycles. The van der Waals surface area contributed by atoms with Gasteiger partial charge < -0.3 is 19.7 Å². The summed E-state index contributed by atoms with van der Waals surface area (Å²) >= 11 is 1.68. The van der Waals surface area contributed by atoms with Crippen molar-refractivity contribution in [2.45, 2.75) is 26.2 Å². The molecule has 4 heterocycles. The number of methoxy groups -OCH3 is 1. The molecule has 9 heteroatoms. The fraction of sp³-hybridized carbons (Fsp3) is 0.400. The maximum absolute atomic E-state index is 6.04. The number of nitrogens with zero attached hydrogens (tertiary/aromatic N) is 5. The minimum absolute atomic E-state index is 0.538. The van der Waals surface area contributed by atoms with Gasteiger partial charge in [-0.15, -0.1) is 11.3 Å². The summed E-state index contributed by atoms with van der Waals surface area (Å²) < 4.78 is 14.6. The molecule has 5 rings (SSSR count). The first-order valence-corrected chi connectivity index (χ1v) is 12.5. The second-order valence-corrected chi connectivity index (χ2v) is 9.84. The van der Waals surface area contributed by atoms with Crippen LogP contribution in [0.5, 0.6) is 11.5 Å². The molecule has 8 nitrogen and oxygen atoms in total. The third-order valence-electron chi connectivity index (χ3n) is 6.10. The number of ether oxygens (including phenoxy) is 2. The summed E-state index contributed by atoms with van der Waals surface area (Å²) in [6, 6.07) is 6.07. The van der Waals surface area contributed by atoms with E-state index in [1.54, 1.807) is 29.3 Å². The number of nitrogens with one attached hydrogen (secondary N) is 1. The predicted molar refractivity (Wildman–Crippen MR) is 136 cm³/mol. The van der Waals surface area contributed by atoms with E-state index in [9.17, 15) is 0 Å². The van der Waals surface area contributed by atoms with E-state index in [4.69, 9.17) is 14.5 Å². The van der Waals surface area contributed by atoms with Gasteiger partial charge in [-0.2, -0.15) is 5.10 Å². The second kappa shape index (κ2) is 9.99. The first-order chi connectivity index (χ1) is 16.6. The predicted octanol–water partition coefficient (Wildman–Crippen LogP) is 5.02. The van der Waals surface area contributed by atoms with Crippen molar-refractivity contribution in [3.63, 3.8) is 0 Å². The molecule has 0 bridgehead atoms. The summed E-state index contributed by atoms with van der Waals surface area (Å²) in [4.78, 5) is 13.0. The molecule has 1 fully saturated rings. The molecule has 0 spiro atoms. The fourth-order valence-corrected chi connectivity index (χ4v) is 5.44. The van der Waals surface area contributed by atoms with Gasteiger partial charge in [-0.1, -0.05) is 0 Å². The van der Waals surface area contributed by atoms with E-state index in [1.807, 2.05) is 31.6 Å². The molecule has 4 aromatic rings. The number of anilines is 2. The molecule has 0 aliphatic carbocycles. The summed E-state index contributed by atoms with van der Waals surface area (Å²) in [6.45, 7) is 6.36. The van der Waals surface area contributed by atoms with E-state index in [-0.39, 0.29) is 0 Å². The van der Waals surface area contributed by atoms with Crippen LogP contribution in [0.25, 0.3) is 21.3 Å². The van der Waals surface area contributed by atoms with E-state index >= 15 is 0 Å². The normalized spacial score (nSPS) is 14.1. The van der Waals surface area contributed by atoms with Gasteiger partial charge in [0, 0.05) is 41.9 Å². The van der Waals surface area contributed by atoms with Crippen molar-refractivity contribution < 1.29 is 9.47 Å². The highest BCUT2D eigenvalue weighted by atomic mass is 32.1. The molecule has 1 aromatic carbocycles. The lowest BCUT2D eigenvalue weighted by molar-refractivity contribution is 0.262. The van der Waals surface area contributed by atoms with Crippen LogP contribution < -0.4 is 14.8 Å². The number of likely N-dealkylation sites (tertiary alicyclic amines) is 1. The van der Waals surface area contributed by atoms with Crippen LogP contribution in [0.4, 0.5) is 11.6 Å². The number of fused-ring (bicyclic) bond motifs is 1. The molecular formula is C25H30N6O2S. The van der Waals surface area contributed by atoms with Gasteiger partial charge in [0.15, 0.2) is 0 Å². The Morgan fingerprint density at radius 2 is 2.03 bits per heavy atom. The summed E-state index contributed by atoms with van der Waals surface area (Å²) in [5.41, 5.74) is 3.82. The minimum atomic E-state index is 0.538. The van der Waals surface area contributed by atoms with Crippen LogP contribution in [0.15, 0.2) is 36.8 Å². The summed E-state index contributed by atoms with van der Waals surface area (Å²) in [5.74, 6) is 2.14. The molecule has 1 aliphatic rings. The van der Waals surface area contributed by atoms with Gasteiger partial charge in [-0.05, 0) is 51.4 Å². The molecule has 3 aromatic heterocycles. The zero-order chi connectivity index (χ0) is 23.5. The van der Waals surface area contributed by atoms with Crippen molar-refractivity contribution in [1.82, 2.24) is 24.6 Å². The topological polar surface area (TPSA) is 77.3 Å². The Morgan fingerprint density at radius 1 is 1.18 bits per heavy atom. The zero-order valence-electron chi connectivity index (χ0n) is 19.9. The Kier molecular flexibility index (Phi) is 6.64. The molecule has 1 N–H and O–H groups in total. The standard InChI is InChI=1S/C25H30N6O2S/c1-17-23(24-22(34-17)15-26-25(29-24)28-18-14-27-30(2)16-18)20-8-7-19(13-21(20)32-3)33-12-6-11-31-9-4-5-10-31/h7-8,13-16H,4-6,9-12H2,1-3H3,(H,26,28,29). The summed E-state index contributed by atoms with van der Waals surface area (Å²) in [7, 11) is 3.58. The van der Waals surface area contributed by atoms with Crippen molar-refractivity contribution in [2.75, 3.05) is 38.7 Å². The Hall–Kier alpha value is -3.17. The number of thiophene rings is 1. The lowest BCUT2D eigenvalue weighted by Crippen LogP contribution is -2.21. The molecule has 0 amide bonds. The number of aromatic nitrogens is 4. The van der Waals surface area contributed by atoms with Crippen molar-refractivity contribution in [3.8, 4) is 22.6 Å². The Labute approximate surface area is 203 Å². The van der Waals surface area contributed by atoms with E-state index in [0.29, 0.717) is 12.6 Å². The molecule has 0 radical (unpaired) electrons. The average Bonchev–Trinajstić information content (AvgIpc) is 3.57. The largest absolute Gasteiger partial charge is 0.496 e. The SMILES string of the molecule is COc1cc(OCCCN2CCCC2)ccc1-c1c(C)sc2cnc(Nc3cnn(C)c3)nc12. The monoisotopic (exact) mass is 478 g/mol. The van der Waals surface area contributed by atoms with E-state index in [2.05, 4.69) is 33.3 Å². The molecule has 0 unspecified atom stereocenters. The zero-order valence-corrected chi connectivity index (χ0v) is 20.7. The number of benzene rings is 1. The smallest absolute Gasteiger partial charge is 0.227 e. The number of aryl methyl sites for hydroxylation is 2. The Balaban J connectivity index is 1.37. The van der Waals surface area contributed by atoms with E-state index in [1.165, 1.54) is 30.8 Å². The van der Waals surface area contributed by atoms with Gasteiger partial charge in [0.1, 0.15) is 11.5 Å². The highest BCUT2D eigenvalue weighted by molar-refractivity contribution is 7.19. The third kappa shape index (κ3) is 4.85. The van der Waals surface area contributed by atoms with Crippen LogP contribution in [0, 0.1) is 6.92 Å².